The molecule has 0 atom stereocenters. The molecule has 0 bridgehead atoms. The number of carbonyl (C=O) groups excluding carboxylic acids is 1. The van der Waals surface area contributed by atoms with Crippen LogP contribution in [0.15, 0.2) is 30.5 Å². The number of ether oxygens (including phenoxy) is 1. The second-order valence-electron chi connectivity index (χ2n) is 4.33. The highest BCUT2D eigenvalue weighted by Gasteiger charge is 2.15. The lowest BCUT2D eigenvalue weighted by Crippen LogP contribution is -2.09. The van der Waals surface area contributed by atoms with Gasteiger partial charge in [0.1, 0.15) is 0 Å². The van der Waals surface area contributed by atoms with Crippen molar-refractivity contribution in [2.24, 2.45) is 0 Å². The number of hydrogen-bond donors (Lipinski definition) is 2. The van der Waals surface area contributed by atoms with Crippen LogP contribution in [0.4, 0.5) is 5.69 Å². The highest BCUT2D eigenvalue weighted by molar-refractivity contribution is 5.92. The van der Waals surface area contributed by atoms with Gasteiger partial charge in [0.2, 0.25) is 0 Å². The predicted octanol–water partition coefficient (Wildman–Crippen LogP) is 1.18. The average Bonchev–Trinajstić information content (AvgIpc) is 2.81. The third-order valence-corrected chi connectivity index (χ3v) is 2.81. The quantitative estimate of drug-likeness (QED) is 0.800. The zero-order valence-corrected chi connectivity index (χ0v) is 11.2. The van der Waals surface area contributed by atoms with Crippen molar-refractivity contribution in [1.82, 2.24) is 9.78 Å². The van der Waals surface area contributed by atoms with Crippen molar-refractivity contribution in [2.75, 3.05) is 12.3 Å². The summed E-state index contributed by atoms with van der Waals surface area (Å²) in [7, 11) is 0. The fourth-order valence-electron chi connectivity index (χ4n) is 1.81. The Balaban J connectivity index is 2.13. The number of anilines is 1. The van der Waals surface area contributed by atoms with Crippen molar-refractivity contribution < 1.29 is 14.6 Å². The Hall–Kier alpha value is -2.34. The SMILES string of the molecule is CCOC(=O)c1nn(Cc2ccc(CO)cc2)cc1N. The zero-order valence-electron chi connectivity index (χ0n) is 11.2. The number of carbonyl (C=O) groups is 1. The number of nitrogens with two attached hydrogens (primary N) is 1. The molecule has 0 aliphatic carbocycles. The van der Waals surface area contributed by atoms with Crippen molar-refractivity contribution in [2.45, 2.75) is 20.1 Å². The first-order chi connectivity index (χ1) is 9.63. The van der Waals surface area contributed by atoms with Gasteiger partial charge in [-0.2, -0.15) is 5.10 Å². The third kappa shape index (κ3) is 3.16. The lowest BCUT2D eigenvalue weighted by molar-refractivity contribution is 0.0519. The maximum absolute atomic E-state index is 11.6. The van der Waals surface area contributed by atoms with Crippen molar-refractivity contribution in [3.63, 3.8) is 0 Å². The van der Waals surface area contributed by atoms with Crippen LogP contribution in [0.3, 0.4) is 0 Å². The van der Waals surface area contributed by atoms with Crippen molar-refractivity contribution >= 4 is 11.7 Å². The summed E-state index contributed by atoms with van der Waals surface area (Å²) >= 11 is 0. The Morgan fingerprint density at radius 1 is 1.35 bits per heavy atom. The van der Waals surface area contributed by atoms with Gasteiger partial charge in [0.05, 0.1) is 25.4 Å². The molecule has 106 valence electrons. The van der Waals surface area contributed by atoms with E-state index in [1.54, 1.807) is 17.8 Å². The molecule has 0 saturated heterocycles. The third-order valence-electron chi connectivity index (χ3n) is 2.81. The summed E-state index contributed by atoms with van der Waals surface area (Å²) in [6.45, 7) is 2.53. The average molecular weight is 275 g/mol. The van der Waals surface area contributed by atoms with E-state index in [2.05, 4.69) is 5.10 Å². The lowest BCUT2D eigenvalue weighted by atomic mass is 10.1. The topological polar surface area (TPSA) is 90.4 Å². The van der Waals surface area contributed by atoms with E-state index in [1.807, 2.05) is 24.3 Å². The molecule has 1 aromatic heterocycles. The molecule has 0 amide bonds. The first-order valence-corrected chi connectivity index (χ1v) is 6.32. The fourth-order valence-corrected chi connectivity index (χ4v) is 1.81. The Kier molecular flexibility index (Phi) is 4.37. The Labute approximate surface area is 116 Å². The number of benzene rings is 1. The van der Waals surface area contributed by atoms with Gasteiger partial charge in [-0.05, 0) is 18.1 Å². The van der Waals surface area contributed by atoms with E-state index in [1.165, 1.54) is 0 Å². The van der Waals surface area contributed by atoms with Crippen molar-refractivity contribution in [3.05, 3.63) is 47.3 Å². The summed E-state index contributed by atoms with van der Waals surface area (Å²) < 4.78 is 6.47. The molecule has 2 aromatic rings. The molecule has 6 heteroatoms. The van der Waals surface area contributed by atoms with Crippen LogP contribution in [0.1, 0.15) is 28.5 Å². The molecule has 0 fully saturated rings. The summed E-state index contributed by atoms with van der Waals surface area (Å²) in [4.78, 5) is 11.6. The van der Waals surface area contributed by atoms with Gasteiger partial charge >= 0.3 is 5.97 Å². The molecule has 1 heterocycles. The van der Waals surface area contributed by atoms with E-state index < -0.39 is 5.97 Å². The van der Waals surface area contributed by atoms with E-state index in [0.29, 0.717) is 12.2 Å². The molecule has 3 N–H and O–H groups in total. The Bertz CT molecular complexity index is 590. The minimum Gasteiger partial charge on any atom is -0.461 e. The number of nitrogen functional groups attached to an aromatic ring is 1. The molecule has 0 aliphatic heterocycles. The fraction of sp³-hybridized carbons (Fsp3) is 0.286. The van der Waals surface area contributed by atoms with Gasteiger partial charge in [-0.1, -0.05) is 24.3 Å². The second-order valence-corrected chi connectivity index (χ2v) is 4.33. The van der Waals surface area contributed by atoms with Crippen LogP contribution < -0.4 is 5.73 Å². The second kappa shape index (κ2) is 6.21. The van der Waals surface area contributed by atoms with Crippen LogP contribution in [-0.2, 0) is 17.9 Å². The Morgan fingerprint density at radius 3 is 2.60 bits per heavy atom. The Morgan fingerprint density at radius 2 is 2.00 bits per heavy atom. The summed E-state index contributed by atoms with van der Waals surface area (Å²) in [6.07, 6.45) is 1.60. The number of nitrogens with zero attached hydrogens (tertiary/aromatic N) is 2. The smallest absolute Gasteiger partial charge is 0.361 e. The summed E-state index contributed by atoms with van der Waals surface area (Å²) in [5.41, 5.74) is 8.04. The number of esters is 1. The maximum Gasteiger partial charge on any atom is 0.361 e. The highest BCUT2D eigenvalue weighted by Crippen LogP contribution is 2.13. The monoisotopic (exact) mass is 275 g/mol. The molecule has 0 unspecified atom stereocenters. The summed E-state index contributed by atoms with van der Waals surface area (Å²) in [5, 5.41) is 13.1. The maximum atomic E-state index is 11.6. The molecule has 0 spiro atoms. The van der Waals surface area contributed by atoms with Crippen molar-refractivity contribution in [1.29, 1.82) is 0 Å². The minimum absolute atomic E-state index is 0.0159. The van der Waals surface area contributed by atoms with E-state index in [4.69, 9.17) is 15.6 Å². The summed E-state index contributed by atoms with van der Waals surface area (Å²) in [6, 6.07) is 7.48. The van der Waals surface area contributed by atoms with Gasteiger partial charge in [-0.25, -0.2) is 4.79 Å². The van der Waals surface area contributed by atoms with Crippen LogP contribution >= 0.6 is 0 Å². The molecule has 20 heavy (non-hydrogen) atoms. The number of aromatic nitrogens is 2. The van der Waals surface area contributed by atoms with Gasteiger partial charge in [-0.15, -0.1) is 0 Å². The zero-order chi connectivity index (χ0) is 14.5. The molecule has 0 radical (unpaired) electrons. The number of rotatable bonds is 5. The lowest BCUT2D eigenvalue weighted by Gasteiger charge is -2.03. The summed E-state index contributed by atoms with van der Waals surface area (Å²) in [5.74, 6) is -0.514. The molecular weight excluding hydrogens is 258 g/mol. The van der Waals surface area contributed by atoms with Gasteiger partial charge in [0.25, 0.3) is 0 Å². The van der Waals surface area contributed by atoms with Crippen LogP contribution in [0.5, 0.6) is 0 Å². The number of hydrogen-bond acceptors (Lipinski definition) is 5. The van der Waals surface area contributed by atoms with E-state index in [0.717, 1.165) is 11.1 Å². The molecule has 0 saturated carbocycles. The van der Waals surface area contributed by atoms with Crippen LogP contribution in [0.2, 0.25) is 0 Å². The van der Waals surface area contributed by atoms with Crippen LogP contribution in [-0.4, -0.2) is 27.5 Å². The molecule has 0 aliphatic rings. The number of aliphatic hydroxyl groups excluding tert-OH is 1. The molecule has 2 rings (SSSR count). The van der Waals surface area contributed by atoms with Crippen LogP contribution in [0, 0.1) is 0 Å². The van der Waals surface area contributed by atoms with E-state index in [9.17, 15) is 4.79 Å². The van der Waals surface area contributed by atoms with Crippen LogP contribution in [0.25, 0.3) is 0 Å². The van der Waals surface area contributed by atoms with Gasteiger partial charge < -0.3 is 15.6 Å². The first-order valence-electron chi connectivity index (χ1n) is 6.32. The molecule has 6 nitrogen and oxygen atoms in total. The van der Waals surface area contributed by atoms with E-state index in [-0.39, 0.29) is 18.9 Å². The normalized spacial score (nSPS) is 10.5. The minimum atomic E-state index is -0.514. The molecular formula is C14H17N3O3. The van der Waals surface area contributed by atoms with Crippen molar-refractivity contribution in [3.8, 4) is 0 Å². The predicted molar refractivity (Wildman–Crippen MR) is 74.1 cm³/mol. The largest absolute Gasteiger partial charge is 0.461 e. The van der Waals surface area contributed by atoms with E-state index >= 15 is 0 Å². The van der Waals surface area contributed by atoms with Gasteiger partial charge in [0, 0.05) is 6.20 Å². The molecule has 1 aromatic carbocycles. The number of aliphatic hydroxyl groups is 1. The van der Waals surface area contributed by atoms with Gasteiger partial charge in [0.15, 0.2) is 5.69 Å². The standard InChI is InChI=1S/C14H17N3O3/c1-2-20-14(19)13-12(15)8-17(16-13)7-10-3-5-11(9-18)6-4-10/h3-6,8,18H,2,7,9,15H2,1H3. The van der Waals surface area contributed by atoms with Gasteiger partial charge in [-0.3, -0.25) is 4.68 Å². The first kappa shape index (κ1) is 14.1. The highest BCUT2D eigenvalue weighted by atomic mass is 16.5.